The standard InChI is InChI=1S/C21H23NO4S2.C20H21NO4S2.C17H15NO4S2.C9H9NS.Na/c1-4-5-14-22(20-15(2)18-8-6-7-9-19(18)27-20)28(24,25)17-12-10-16(11-13-17)21(23)26-3;1-3-4-13-21(19-14(2)17-7-5-6-8-18(17)26-19)27(24,25)16-11-9-15(10-12-16)20(22)23;1-11-14-5-3-4-6-15(14)23-16(11)18-24(20,21)13-9-7-12(8-10-13)17(19)22-2;1-6-7-4-2-3-5-8(7)11-9(6)10;/h6-13H,4-5,14H2,1-3H3;5-12H,3-4,13H2,1-2H3,(H,22,23);3-10,18H,1-2H3;2-5H,10H2,1H3;/q;;;;+1/p-1. The van der Waals surface area contributed by atoms with E-state index in [0.717, 1.165) is 82.6 Å². The van der Waals surface area contributed by atoms with Crippen LogP contribution in [0.3, 0.4) is 0 Å². The van der Waals surface area contributed by atoms with Crippen LogP contribution >= 0.6 is 45.3 Å². The minimum absolute atomic E-state index is 0. The number of aromatic carboxylic acids is 1. The van der Waals surface area contributed by atoms with Crippen molar-refractivity contribution in [3.63, 3.8) is 0 Å². The van der Waals surface area contributed by atoms with Crippen LogP contribution in [0.5, 0.6) is 0 Å². The molecule has 16 nitrogen and oxygen atoms in total. The molecule has 0 radical (unpaired) electrons. The van der Waals surface area contributed by atoms with Gasteiger partial charge in [0.15, 0.2) is 0 Å². The maximum Gasteiger partial charge on any atom is 1.00 e. The summed E-state index contributed by atoms with van der Waals surface area (Å²) in [6.45, 7) is 12.7. The smallest absolute Gasteiger partial charge is 0.545 e. The van der Waals surface area contributed by atoms with E-state index in [2.05, 4.69) is 33.3 Å². The molecule has 0 spiro atoms. The number of benzene rings is 7. The maximum absolute atomic E-state index is 13.4. The zero-order valence-corrected chi connectivity index (χ0v) is 59.4. The Morgan fingerprint density at radius 2 is 0.791 bits per heavy atom. The van der Waals surface area contributed by atoms with Gasteiger partial charge in [-0.15, -0.1) is 45.3 Å². The molecule has 4 aromatic heterocycles. The molecule has 0 bridgehead atoms. The number of carboxylic acids is 1. The van der Waals surface area contributed by atoms with Crippen molar-refractivity contribution < 1.29 is 83.8 Å². The van der Waals surface area contributed by atoms with Crippen molar-refractivity contribution in [2.75, 3.05) is 46.4 Å². The summed E-state index contributed by atoms with van der Waals surface area (Å²) in [4.78, 5) is 34.3. The van der Waals surface area contributed by atoms with Gasteiger partial charge in [0.25, 0.3) is 30.1 Å². The second-order valence-electron chi connectivity index (χ2n) is 20.5. The molecule has 0 unspecified atom stereocenters. The number of sulfonamides is 3. The van der Waals surface area contributed by atoms with Gasteiger partial charge in [-0.25, -0.2) is 34.8 Å². The van der Waals surface area contributed by atoms with Gasteiger partial charge in [-0.05, 0) is 175 Å². The van der Waals surface area contributed by atoms with Gasteiger partial charge in [0.05, 0.1) is 51.0 Å². The van der Waals surface area contributed by atoms with E-state index in [1.807, 2.05) is 120 Å². The SMILES string of the molecule is CCCCN(c1sc2ccccc2c1C)S(=O)(=O)c1ccc(C(=O)OC)cc1.CCCCN(c1sc2ccccc2c1C)S(=O)(=O)c1ccc(C(=O)[O-])cc1.COC(=O)c1ccc(S(=O)(=O)Nc2sc3ccccc3c2C)cc1.Cc1c(N)sc2ccccc12.[Na+]. The molecule has 470 valence electrons. The number of ether oxygens (including phenoxy) is 2. The predicted octanol–water partition coefficient (Wildman–Crippen LogP) is 12.2. The van der Waals surface area contributed by atoms with Crippen LogP contribution in [-0.2, 0) is 39.5 Å². The zero-order chi connectivity index (χ0) is 65.1. The molecule has 0 amide bonds. The van der Waals surface area contributed by atoms with Crippen LogP contribution in [0.1, 0.15) is 92.9 Å². The van der Waals surface area contributed by atoms with E-state index in [-0.39, 0.29) is 49.8 Å². The number of nitrogens with zero attached hydrogens (tertiary/aromatic N) is 2. The topological polar surface area (TPSA) is 240 Å². The van der Waals surface area contributed by atoms with E-state index < -0.39 is 48.0 Å². The van der Waals surface area contributed by atoms with Gasteiger partial charge < -0.3 is 25.1 Å². The Kier molecular flexibility index (Phi) is 24.6. The summed E-state index contributed by atoms with van der Waals surface area (Å²) in [5.74, 6) is -2.33. The molecule has 0 aliphatic heterocycles. The third-order valence-corrected chi connectivity index (χ3v) is 24.8. The number of methoxy groups -OCH3 is 2. The molecule has 11 aromatic rings. The van der Waals surface area contributed by atoms with Gasteiger partial charge in [0, 0.05) is 31.9 Å². The number of nitrogens with one attached hydrogen (secondary N) is 1. The fraction of sp³-hybridized carbons (Fsp3) is 0.209. The predicted molar refractivity (Wildman–Crippen MR) is 367 cm³/mol. The van der Waals surface area contributed by atoms with Crippen LogP contribution in [-0.4, -0.2) is 70.5 Å². The number of nitrogens with two attached hydrogens (primary N) is 1. The zero-order valence-electron chi connectivity index (χ0n) is 51.6. The Labute approximate surface area is 569 Å². The van der Waals surface area contributed by atoms with Crippen LogP contribution in [0.2, 0.25) is 0 Å². The fourth-order valence-corrected chi connectivity index (χ4v) is 19.0. The molecule has 0 fully saturated rings. The van der Waals surface area contributed by atoms with Crippen molar-refractivity contribution in [2.24, 2.45) is 0 Å². The number of carbonyl (C=O) groups excluding carboxylic acids is 3. The molecular weight excluding hydrogens is 1300 g/mol. The molecule has 24 heteroatoms. The van der Waals surface area contributed by atoms with E-state index in [1.165, 1.54) is 145 Å². The number of hydrogen-bond acceptors (Lipinski definition) is 17. The maximum atomic E-state index is 13.4. The molecular formula is C67H67N4NaO12S7. The number of carbonyl (C=O) groups is 3. The monoisotopic (exact) mass is 1370 g/mol. The second-order valence-corrected chi connectivity index (χ2v) is 30.1. The van der Waals surface area contributed by atoms with Gasteiger partial charge in [0.1, 0.15) is 15.0 Å². The largest absolute Gasteiger partial charge is 1.00 e. The van der Waals surface area contributed by atoms with Crippen LogP contribution in [0, 0.1) is 27.7 Å². The van der Waals surface area contributed by atoms with E-state index in [4.69, 9.17) is 5.73 Å². The number of esters is 2. The molecule has 0 aliphatic carbocycles. The molecule has 0 saturated heterocycles. The Morgan fingerprint density at radius 1 is 0.462 bits per heavy atom. The number of unbranched alkanes of at least 4 members (excludes halogenated alkanes) is 2. The Balaban J connectivity index is 0.000000178. The van der Waals surface area contributed by atoms with Crippen molar-refractivity contribution in [1.82, 2.24) is 0 Å². The molecule has 7 aromatic carbocycles. The van der Waals surface area contributed by atoms with Gasteiger partial charge in [0.2, 0.25) is 0 Å². The quantitative estimate of drug-likeness (QED) is 0.0601. The minimum Gasteiger partial charge on any atom is -0.545 e. The van der Waals surface area contributed by atoms with Crippen molar-refractivity contribution >= 4 is 154 Å². The molecule has 0 saturated carbocycles. The van der Waals surface area contributed by atoms with Gasteiger partial charge in [-0.2, -0.15) is 0 Å². The minimum atomic E-state index is -3.81. The summed E-state index contributed by atoms with van der Waals surface area (Å²) in [7, 11) is -8.72. The average molecular weight is 1370 g/mol. The summed E-state index contributed by atoms with van der Waals surface area (Å²) in [6.07, 6.45) is 3.23. The Morgan fingerprint density at radius 3 is 1.13 bits per heavy atom. The van der Waals surface area contributed by atoms with Crippen molar-refractivity contribution in [3.05, 3.63) is 209 Å². The first-order valence-corrected chi connectivity index (χ1v) is 36.0. The molecule has 3 N–H and O–H groups in total. The number of thiophene rings is 4. The van der Waals surface area contributed by atoms with Crippen molar-refractivity contribution in [2.45, 2.75) is 81.9 Å². The summed E-state index contributed by atoms with van der Waals surface area (Å²) < 4.78 is 97.9. The number of hydrogen-bond donors (Lipinski definition) is 2. The normalized spacial score (nSPS) is 11.3. The number of rotatable bonds is 18. The van der Waals surface area contributed by atoms with Crippen molar-refractivity contribution in [3.8, 4) is 0 Å². The van der Waals surface area contributed by atoms with Crippen LogP contribution < -0.4 is 53.7 Å². The van der Waals surface area contributed by atoms with Crippen molar-refractivity contribution in [1.29, 1.82) is 0 Å². The summed E-state index contributed by atoms with van der Waals surface area (Å²) in [6, 6.07) is 48.5. The van der Waals surface area contributed by atoms with Crippen LogP contribution in [0.15, 0.2) is 185 Å². The van der Waals surface area contributed by atoms with Gasteiger partial charge in [-0.3, -0.25) is 13.3 Å². The van der Waals surface area contributed by atoms with Gasteiger partial charge >= 0.3 is 41.5 Å². The molecule has 11 rings (SSSR count). The van der Waals surface area contributed by atoms with E-state index in [0.29, 0.717) is 34.2 Å². The number of fused-ring (bicyclic) bond motifs is 4. The number of nitrogen functional groups attached to an aromatic ring is 1. The summed E-state index contributed by atoms with van der Waals surface area (Å²) >= 11 is 5.99. The summed E-state index contributed by atoms with van der Waals surface area (Å²) in [5, 5.41) is 18.3. The van der Waals surface area contributed by atoms with Crippen LogP contribution in [0.4, 0.5) is 20.0 Å². The van der Waals surface area contributed by atoms with Gasteiger partial charge in [-0.1, -0.05) is 112 Å². The van der Waals surface area contributed by atoms with E-state index in [1.54, 1.807) is 11.3 Å². The van der Waals surface area contributed by atoms with E-state index >= 15 is 0 Å². The number of anilines is 4. The first-order chi connectivity index (χ1) is 43.0. The summed E-state index contributed by atoms with van der Waals surface area (Å²) in [5.41, 5.74) is 10.3. The first-order valence-electron chi connectivity index (χ1n) is 28.4. The number of carboxylic acid groups (broad SMARTS) is 1. The number of aryl methyl sites for hydroxylation is 4. The molecule has 0 atom stereocenters. The molecule has 91 heavy (non-hydrogen) atoms. The average Bonchev–Trinajstić information content (AvgIpc) is 1.77. The Hall–Kier alpha value is -7.16. The molecule has 4 heterocycles. The van der Waals surface area contributed by atoms with Crippen LogP contribution in [0.25, 0.3) is 40.3 Å². The second kappa shape index (κ2) is 31.4. The fourth-order valence-electron chi connectivity index (χ4n) is 9.50. The van der Waals surface area contributed by atoms with E-state index in [9.17, 15) is 44.7 Å². The third kappa shape index (κ3) is 16.4. The first kappa shape index (κ1) is 71.3. The third-order valence-electron chi connectivity index (χ3n) is 14.6. The Bertz CT molecular complexity index is 4720. The molecule has 0 aliphatic rings.